The van der Waals surface area contributed by atoms with Crippen molar-refractivity contribution in [2.24, 2.45) is 11.8 Å². The summed E-state index contributed by atoms with van der Waals surface area (Å²) < 4.78 is 1.96. The quantitative estimate of drug-likeness (QED) is 0.811. The molecule has 2 rings (SSSR count). The summed E-state index contributed by atoms with van der Waals surface area (Å²) in [5.41, 5.74) is 5.97. The van der Waals surface area contributed by atoms with Crippen molar-refractivity contribution in [1.29, 1.82) is 0 Å². The van der Waals surface area contributed by atoms with Crippen LogP contribution in [0.2, 0.25) is 0 Å². The van der Waals surface area contributed by atoms with E-state index in [1.165, 1.54) is 31.0 Å². The molecular weight excluding hydrogens is 276 g/mol. The summed E-state index contributed by atoms with van der Waals surface area (Å²) in [4.78, 5) is 10.7. The minimum absolute atomic E-state index is 0.0167. The first-order valence-electron chi connectivity index (χ1n) is 7.05. The molecule has 0 radical (unpaired) electrons. The minimum Gasteiger partial charge on any atom is -0.481 e. The summed E-state index contributed by atoms with van der Waals surface area (Å²) in [7, 11) is 0. The molecule has 0 saturated heterocycles. The van der Waals surface area contributed by atoms with E-state index >= 15 is 0 Å². The normalized spacial score (nSPS) is 23.1. The van der Waals surface area contributed by atoms with Gasteiger partial charge in [-0.05, 0) is 24.7 Å². The van der Waals surface area contributed by atoms with Gasteiger partial charge in [-0.25, -0.2) is 0 Å². The first-order chi connectivity index (χ1) is 9.50. The molecule has 0 aliphatic heterocycles. The summed E-state index contributed by atoms with van der Waals surface area (Å²) in [6, 6.07) is 0.287. The zero-order valence-electron chi connectivity index (χ0n) is 12.0. The van der Waals surface area contributed by atoms with Crippen molar-refractivity contribution in [2.45, 2.75) is 50.7 Å². The van der Waals surface area contributed by atoms with Crippen molar-refractivity contribution in [3.63, 3.8) is 0 Å². The van der Waals surface area contributed by atoms with Crippen LogP contribution in [0.5, 0.6) is 0 Å². The lowest BCUT2D eigenvalue weighted by molar-refractivity contribution is -0.133. The summed E-state index contributed by atoms with van der Waals surface area (Å²) in [5.74, 6) is 0.644. The molecule has 1 aromatic rings. The van der Waals surface area contributed by atoms with Gasteiger partial charge in [-0.15, -0.1) is 10.2 Å². The maximum absolute atomic E-state index is 10.7. The molecule has 112 valence electrons. The molecule has 6 nitrogen and oxygen atoms in total. The number of aromatic nitrogens is 3. The molecule has 2 atom stereocenters. The van der Waals surface area contributed by atoms with E-state index < -0.39 is 5.97 Å². The number of nitrogen functional groups attached to an aromatic ring is 1. The van der Waals surface area contributed by atoms with Crippen LogP contribution in [0, 0.1) is 11.8 Å². The van der Waals surface area contributed by atoms with Crippen molar-refractivity contribution in [3.05, 3.63) is 0 Å². The molecule has 0 aromatic carbocycles. The lowest BCUT2D eigenvalue weighted by atomic mass is 9.78. The average Bonchev–Trinajstić information content (AvgIpc) is 2.77. The number of nitrogens with two attached hydrogens (primary N) is 1. The van der Waals surface area contributed by atoms with Crippen LogP contribution in [-0.4, -0.2) is 31.6 Å². The first-order valence-corrected chi connectivity index (χ1v) is 8.04. The first kappa shape index (κ1) is 15.2. The highest BCUT2D eigenvalue weighted by Gasteiger charge is 2.32. The van der Waals surface area contributed by atoms with Crippen molar-refractivity contribution in [2.75, 3.05) is 11.5 Å². The number of nitrogens with zero attached hydrogens (tertiary/aromatic N) is 3. The third-order valence-corrected chi connectivity index (χ3v) is 4.91. The van der Waals surface area contributed by atoms with Crippen molar-refractivity contribution in [3.8, 4) is 0 Å². The number of carboxylic acids is 1. The molecule has 1 fully saturated rings. The molecule has 0 spiro atoms. The Labute approximate surface area is 123 Å². The van der Waals surface area contributed by atoms with Gasteiger partial charge >= 0.3 is 5.97 Å². The fourth-order valence-corrected chi connectivity index (χ4v) is 3.78. The Hall–Kier alpha value is -1.24. The number of thioether (sulfide) groups is 1. The number of hydrogen-bond donors (Lipinski definition) is 2. The Morgan fingerprint density at radius 1 is 1.45 bits per heavy atom. The van der Waals surface area contributed by atoms with Crippen LogP contribution in [-0.2, 0) is 4.79 Å². The van der Waals surface area contributed by atoms with Crippen molar-refractivity contribution >= 4 is 23.7 Å². The molecule has 3 N–H and O–H groups in total. The number of carbonyl (C=O) groups is 1. The highest BCUT2D eigenvalue weighted by Crippen LogP contribution is 2.41. The number of carboxylic acid groups (broad SMARTS) is 1. The van der Waals surface area contributed by atoms with Gasteiger partial charge in [-0.1, -0.05) is 38.5 Å². The summed E-state index contributed by atoms with van der Waals surface area (Å²) in [6.07, 6.45) is 4.67. The lowest BCUT2D eigenvalue weighted by Gasteiger charge is -2.35. The standard InChI is InChI=1S/C13H22N4O2S/c1-8(2)9-5-3-4-6-10(9)17-12(14)15-16-13(17)20-7-11(18)19/h8-10H,3-7H2,1-2H3,(H2,14,15)(H,18,19). The highest BCUT2D eigenvalue weighted by molar-refractivity contribution is 7.99. The molecule has 20 heavy (non-hydrogen) atoms. The zero-order chi connectivity index (χ0) is 14.7. The maximum Gasteiger partial charge on any atom is 0.313 e. The highest BCUT2D eigenvalue weighted by atomic mass is 32.2. The van der Waals surface area contributed by atoms with Crippen LogP contribution in [0.4, 0.5) is 5.95 Å². The SMILES string of the molecule is CC(C)C1CCCCC1n1c(N)nnc1SCC(=O)O. The summed E-state index contributed by atoms with van der Waals surface area (Å²) >= 11 is 1.19. The summed E-state index contributed by atoms with van der Waals surface area (Å²) in [6.45, 7) is 4.46. The van der Waals surface area contributed by atoms with Crippen molar-refractivity contribution < 1.29 is 9.90 Å². The van der Waals surface area contributed by atoms with Gasteiger partial charge in [0.1, 0.15) is 0 Å². The van der Waals surface area contributed by atoms with Gasteiger partial charge in [-0.3, -0.25) is 9.36 Å². The number of hydrogen-bond acceptors (Lipinski definition) is 5. The number of anilines is 1. The van der Waals surface area contributed by atoms with E-state index in [2.05, 4.69) is 24.0 Å². The van der Waals surface area contributed by atoms with Crippen LogP contribution in [0.1, 0.15) is 45.6 Å². The Morgan fingerprint density at radius 3 is 2.80 bits per heavy atom. The second kappa shape index (κ2) is 6.47. The van der Waals surface area contributed by atoms with E-state index in [1.807, 2.05) is 4.57 Å². The van der Waals surface area contributed by atoms with Gasteiger partial charge in [0.15, 0.2) is 5.16 Å². The van der Waals surface area contributed by atoms with Gasteiger partial charge < -0.3 is 10.8 Å². The lowest BCUT2D eigenvalue weighted by Crippen LogP contribution is -2.28. The Bertz CT molecular complexity index is 475. The Morgan fingerprint density at radius 2 is 2.15 bits per heavy atom. The second-order valence-corrected chi connectivity index (χ2v) is 6.60. The van der Waals surface area contributed by atoms with Gasteiger partial charge in [0.05, 0.1) is 5.75 Å². The maximum atomic E-state index is 10.7. The fourth-order valence-electron chi connectivity index (χ4n) is 3.06. The molecule has 0 bridgehead atoms. The average molecular weight is 298 g/mol. The van der Waals surface area contributed by atoms with E-state index in [-0.39, 0.29) is 11.8 Å². The van der Waals surface area contributed by atoms with Crippen LogP contribution in [0.3, 0.4) is 0 Å². The minimum atomic E-state index is -0.854. The van der Waals surface area contributed by atoms with Gasteiger partial charge in [0.25, 0.3) is 0 Å². The molecule has 0 amide bonds. The van der Waals surface area contributed by atoms with E-state index in [9.17, 15) is 4.79 Å². The predicted molar refractivity (Wildman–Crippen MR) is 78.6 cm³/mol. The fraction of sp³-hybridized carbons (Fsp3) is 0.769. The third-order valence-electron chi connectivity index (χ3n) is 3.99. The Kier molecular flexibility index (Phi) is 4.91. The molecule has 1 aliphatic carbocycles. The van der Waals surface area contributed by atoms with E-state index in [0.717, 1.165) is 6.42 Å². The molecule has 1 saturated carbocycles. The van der Waals surface area contributed by atoms with Crippen LogP contribution >= 0.6 is 11.8 Å². The van der Waals surface area contributed by atoms with Gasteiger partial charge in [0.2, 0.25) is 5.95 Å². The second-order valence-electron chi connectivity index (χ2n) is 5.65. The number of rotatable bonds is 5. The molecule has 7 heteroatoms. The monoisotopic (exact) mass is 298 g/mol. The largest absolute Gasteiger partial charge is 0.481 e. The van der Waals surface area contributed by atoms with E-state index in [1.54, 1.807) is 0 Å². The molecule has 2 unspecified atom stereocenters. The zero-order valence-corrected chi connectivity index (χ0v) is 12.8. The summed E-state index contributed by atoms with van der Waals surface area (Å²) in [5, 5.41) is 17.4. The Balaban J connectivity index is 2.25. The van der Waals surface area contributed by atoms with E-state index in [0.29, 0.717) is 22.9 Å². The topological polar surface area (TPSA) is 94.0 Å². The third kappa shape index (κ3) is 3.26. The molecule has 1 heterocycles. The van der Waals surface area contributed by atoms with E-state index in [4.69, 9.17) is 10.8 Å². The molecular formula is C13H22N4O2S. The van der Waals surface area contributed by atoms with Gasteiger partial charge in [0, 0.05) is 6.04 Å². The van der Waals surface area contributed by atoms with Crippen LogP contribution in [0.15, 0.2) is 5.16 Å². The smallest absolute Gasteiger partial charge is 0.313 e. The molecule has 1 aliphatic rings. The van der Waals surface area contributed by atoms with Gasteiger partial charge in [-0.2, -0.15) is 0 Å². The molecule has 1 aromatic heterocycles. The van der Waals surface area contributed by atoms with Crippen LogP contribution < -0.4 is 5.73 Å². The predicted octanol–water partition coefficient (Wildman–Crippen LogP) is 2.42. The van der Waals surface area contributed by atoms with Crippen molar-refractivity contribution in [1.82, 2.24) is 14.8 Å². The van der Waals surface area contributed by atoms with Crippen LogP contribution in [0.25, 0.3) is 0 Å². The number of aliphatic carboxylic acids is 1.